The van der Waals surface area contributed by atoms with Gasteiger partial charge in [-0.3, -0.25) is 0 Å². The van der Waals surface area contributed by atoms with Crippen LogP contribution in [0.4, 0.5) is 5.69 Å². The van der Waals surface area contributed by atoms with Gasteiger partial charge in [0, 0.05) is 28.4 Å². The molecule has 0 spiro atoms. The fraction of sp³-hybridized carbons (Fsp3) is 0.208. The van der Waals surface area contributed by atoms with Gasteiger partial charge in [-0.2, -0.15) is 0 Å². The Balaban J connectivity index is 1.71. The summed E-state index contributed by atoms with van der Waals surface area (Å²) in [5.41, 5.74) is 3.24. The van der Waals surface area contributed by atoms with Crippen LogP contribution in [0.3, 0.4) is 0 Å². The molecule has 0 aliphatic rings. The highest BCUT2D eigenvalue weighted by atomic mass is 35.5. The van der Waals surface area contributed by atoms with Crippen molar-refractivity contribution in [2.24, 2.45) is 0 Å². The Morgan fingerprint density at radius 2 is 1.70 bits per heavy atom. The van der Waals surface area contributed by atoms with E-state index in [1.165, 1.54) is 0 Å². The molecule has 0 saturated carbocycles. The van der Waals surface area contributed by atoms with Crippen LogP contribution in [0.5, 0.6) is 11.5 Å². The molecule has 30 heavy (non-hydrogen) atoms. The second-order valence-corrected chi connectivity index (χ2v) is 6.89. The fourth-order valence-corrected chi connectivity index (χ4v) is 3.12. The van der Waals surface area contributed by atoms with E-state index < -0.39 is 0 Å². The molecule has 5 nitrogen and oxygen atoms in total. The Kier molecular flexibility index (Phi) is 7.57. The molecule has 0 unspecified atom stereocenters. The minimum absolute atomic E-state index is 0.327. The number of methoxy groups -OCH3 is 1. The Morgan fingerprint density at radius 3 is 2.40 bits per heavy atom. The van der Waals surface area contributed by atoms with Gasteiger partial charge in [-0.05, 0) is 43.3 Å². The van der Waals surface area contributed by atoms with E-state index >= 15 is 0 Å². The lowest BCUT2D eigenvalue weighted by atomic mass is 10.1. The van der Waals surface area contributed by atoms with E-state index in [0.717, 1.165) is 16.8 Å². The molecule has 0 radical (unpaired) electrons. The van der Waals surface area contributed by atoms with E-state index in [0.29, 0.717) is 41.8 Å². The van der Waals surface area contributed by atoms with Crippen molar-refractivity contribution in [1.82, 2.24) is 0 Å². The Labute approximate surface area is 181 Å². The summed E-state index contributed by atoms with van der Waals surface area (Å²) in [5, 5.41) is 4.01. The van der Waals surface area contributed by atoms with Gasteiger partial charge in [0.15, 0.2) is 11.5 Å². The number of benzene rings is 3. The molecule has 0 aromatic heterocycles. The molecule has 6 heteroatoms. The average Bonchev–Trinajstić information content (AvgIpc) is 2.77. The number of ether oxygens (including phenoxy) is 3. The van der Waals surface area contributed by atoms with Crippen molar-refractivity contribution in [1.29, 1.82) is 0 Å². The molecule has 0 fully saturated rings. The average molecular weight is 426 g/mol. The Morgan fingerprint density at radius 1 is 0.967 bits per heavy atom. The highest BCUT2D eigenvalue weighted by Gasteiger charge is 2.12. The lowest BCUT2D eigenvalue weighted by Crippen LogP contribution is -2.06. The first-order valence-electron chi connectivity index (χ1n) is 9.65. The van der Waals surface area contributed by atoms with Gasteiger partial charge < -0.3 is 19.5 Å². The van der Waals surface area contributed by atoms with E-state index in [1.54, 1.807) is 26.2 Å². The molecule has 0 aliphatic heterocycles. The number of halogens is 1. The molecule has 3 rings (SSSR count). The molecule has 3 aromatic carbocycles. The molecule has 1 N–H and O–H groups in total. The number of anilines is 1. The summed E-state index contributed by atoms with van der Waals surface area (Å²) in [6.45, 7) is 2.99. The first-order valence-corrected chi connectivity index (χ1v) is 10.0. The molecule has 0 atom stereocenters. The molecule has 0 saturated heterocycles. The number of carbonyl (C=O) groups is 1. The largest absolute Gasteiger partial charge is 0.493 e. The van der Waals surface area contributed by atoms with Gasteiger partial charge in [-0.15, -0.1) is 0 Å². The van der Waals surface area contributed by atoms with Crippen molar-refractivity contribution < 1.29 is 19.0 Å². The third-order valence-corrected chi connectivity index (χ3v) is 4.86. The van der Waals surface area contributed by atoms with Gasteiger partial charge in [0.2, 0.25) is 0 Å². The smallest absolute Gasteiger partial charge is 0.338 e. The predicted molar refractivity (Wildman–Crippen MR) is 119 cm³/mol. The lowest BCUT2D eigenvalue weighted by molar-refractivity contribution is 0.0526. The van der Waals surface area contributed by atoms with Crippen LogP contribution in [0.25, 0.3) is 0 Å². The maximum atomic E-state index is 11.8. The molecule has 0 amide bonds. The van der Waals surface area contributed by atoms with E-state index in [2.05, 4.69) is 5.32 Å². The second kappa shape index (κ2) is 10.6. The van der Waals surface area contributed by atoms with Crippen molar-refractivity contribution in [2.75, 3.05) is 19.0 Å². The minimum Gasteiger partial charge on any atom is -0.493 e. The van der Waals surface area contributed by atoms with Gasteiger partial charge in [-0.1, -0.05) is 41.9 Å². The normalized spacial score (nSPS) is 10.4. The van der Waals surface area contributed by atoms with Gasteiger partial charge in [0.05, 0.1) is 19.3 Å². The number of esters is 1. The molecule has 156 valence electrons. The van der Waals surface area contributed by atoms with Gasteiger partial charge >= 0.3 is 5.97 Å². The molecular weight excluding hydrogens is 402 g/mol. The third kappa shape index (κ3) is 5.45. The van der Waals surface area contributed by atoms with Gasteiger partial charge in [0.1, 0.15) is 6.61 Å². The number of nitrogens with one attached hydrogen (secondary N) is 1. The number of rotatable bonds is 9. The minimum atomic E-state index is -0.327. The lowest BCUT2D eigenvalue weighted by Gasteiger charge is -2.16. The molecular formula is C24H24ClNO4. The highest BCUT2D eigenvalue weighted by Crippen LogP contribution is 2.33. The Hall–Kier alpha value is -3.18. The van der Waals surface area contributed by atoms with Crippen molar-refractivity contribution >= 4 is 23.3 Å². The maximum absolute atomic E-state index is 11.8. The van der Waals surface area contributed by atoms with Crippen LogP contribution in [-0.2, 0) is 17.9 Å². The maximum Gasteiger partial charge on any atom is 0.338 e. The van der Waals surface area contributed by atoms with Crippen LogP contribution in [0.2, 0.25) is 5.02 Å². The zero-order chi connectivity index (χ0) is 21.3. The van der Waals surface area contributed by atoms with Crippen molar-refractivity contribution in [3.63, 3.8) is 0 Å². The Bertz CT molecular complexity index is 989. The third-order valence-electron chi connectivity index (χ3n) is 4.49. The predicted octanol–water partition coefficient (Wildman–Crippen LogP) is 5.72. The monoisotopic (exact) mass is 425 g/mol. The first-order chi connectivity index (χ1) is 14.6. The number of para-hydroxylation sites is 1. The van der Waals surface area contributed by atoms with E-state index in [4.69, 9.17) is 25.8 Å². The van der Waals surface area contributed by atoms with Crippen molar-refractivity contribution in [3.8, 4) is 11.5 Å². The summed E-state index contributed by atoms with van der Waals surface area (Å²) in [7, 11) is 1.61. The van der Waals surface area contributed by atoms with E-state index in [-0.39, 0.29) is 5.97 Å². The van der Waals surface area contributed by atoms with Crippen LogP contribution in [0, 0.1) is 0 Å². The zero-order valence-corrected chi connectivity index (χ0v) is 17.7. The zero-order valence-electron chi connectivity index (χ0n) is 17.0. The van der Waals surface area contributed by atoms with E-state index in [9.17, 15) is 4.79 Å². The molecule has 0 bridgehead atoms. The SMILES string of the molecule is CCOC(=O)c1ccc(NCc2cccc(OC)c2OCc2ccccc2Cl)cc1. The molecule has 0 heterocycles. The summed E-state index contributed by atoms with van der Waals surface area (Å²) in [4.78, 5) is 11.8. The van der Waals surface area contributed by atoms with Crippen LogP contribution in [-0.4, -0.2) is 19.7 Å². The molecule has 0 aliphatic carbocycles. The number of hydrogen-bond donors (Lipinski definition) is 1. The second-order valence-electron chi connectivity index (χ2n) is 6.48. The summed E-state index contributed by atoms with van der Waals surface area (Å²) < 4.78 is 16.6. The van der Waals surface area contributed by atoms with Crippen LogP contribution in [0.1, 0.15) is 28.4 Å². The fourth-order valence-electron chi connectivity index (χ4n) is 2.93. The summed E-state index contributed by atoms with van der Waals surface area (Å²) in [5.74, 6) is 0.988. The summed E-state index contributed by atoms with van der Waals surface area (Å²) >= 11 is 6.24. The first kappa shape index (κ1) is 21.5. The van der Waals surface area contributed by atoms with Crippen LogP contribution in [0.15, 0.2) is 66.7 Å². The van der Waals surface area contributed by atoms with Crippen LogP contribution >= 0.6 is 11.6 Å². The van der Waals surface area contributed by atoms with Gasteiger partial charge in [0.25, 0.3) is 0 Å². The van der Waals surface area contributed by atoms with E-state index in [1.807, 2.05) is 54.6 Å². The topological polar surface area (TPSA) is 56.8 Å². The molecule has 3 aromatic rings. The number of hydrogen-bond acceptors (Lipinski definition) is 5. The number of carbonyl (C=O) groups excluding carboxylic acids is 1. The standard InChI is InChI=1S/C24H24ClNO4/c1-3-29-24(27)17-11-13-20(14-12-17)26-15-18-8-6-10-22(28-2)23(18)30-16-19-7-4-5-9-21(19)25/h4-14,26H,3,15-16H2,1-2H3. The van der Waals surface area contributed by atoms with Crippen molar-refractivity contribution in [3.05, 3.63) is 88.4 Å². The summed E-state index contributed by atoms with van der Waals surface area (Å²) in [6.07, 6.45) is 0. The van der Waals surface area contributed by atoms with Crippen molar-refractivity contribution in [2.45, 2.75) is 20.1 Å². The summed E-state index contributed by atoms with van der Waals surface area (Å²) in [6, 6.07) is 20.5. The van der Waals surface area contributed by atoms with Gasteiger partial charge in [-0.25, -0.2) is 4.79 Å². The highest BCUT2D eigenvalue weighted by molar-refractivity contribution is 6.31. The quantitative estimate of drug-likeness (QED) is 0.444. The van der Waals surface area contributed by atoms with Crippen LogP contribution < -0.4 is 14.8 Å².